The zero-order valence-corrected chi connectivity index (χ0v) is 43.4. The normalized spacial score (nSPS) is 12.9. The number of unbranched alkanes of at least 4 members (excludes halogenated alkanes) is 19. The monoisotopic (exact) mass is 929 g/mol. The van der Waals surface area contributed by atoms with Crippen molar-refractivity contribution in [1.82, 2.24) is 0 Å². The van der Waals surface area contributed by atoms with Crippen molar-refractivity contribution in [3.63, 3.8) is 0 Å². The number of esters is 3. The van der Waals surface area contributed by atoms with Gasteiger partial charge in [0, 0.05) is 19.3 Å². The Morgan fingerprint density at radius 1 is 0.313 bits per heavy atom. The third-order valence-corrected chi connectivity index (χ3v) is 11.3. The Morgan fingerprint density at radius 2 is 0.597 bits per heavy atom. The molecule has 0 saturated heterocycles. The SMILES string of the molecule is CC/C=C\C/C=C\C/C=C\C/C=C\C/C=C\CCCC(=O)O[C@H](COC(=O)CCCCCC/C=C\C/C=C\C/C=C\C/C=C\CC)COC(=O)CCCCCCCCCCCCCCCCC. The molecule has 6 heteroatoms. The molecule has 0 aliphatic rings. The van der Waals surface area contributed by atoms with Gasteiger partial charge in [-0.3, -0.25) is 14.4 Å². The number of ether oxygens (including phenoxy) is 3. The van der Waals surface area contributed by atoms with Crippen LogP contribution < -0.4 is 0 Å². The van der Waals surface area contributed by atoms with E-state index in [-0.39, 0.29) is 37.5 Å². The summed E-state index contributed by atoms with van der Waals surface area (Å²) in [5.74, 6) is -0.992. The highest BCUT2D eigenvalue weighted by molar-refractivity contribution is 5.71. The van der Waals surface area contributed by atoms with Crippen molar-refractivity contribution in [2.24, 2.45) is 0 Å². The summed E-state index contributed by atoms with van der Waals surface area (Å²) < 4.78 is 16.8. The van der Waals surface area contributed by atoms with Gasteiger partial charge in [-0.1, -0.05) is 233 Å². The highest BCUT2D eigenvalue weighted by atomic mass is 16.6. The second-order valence-corrected chi connectivity index (χ2v) is 17.7. The van der Waals surface area contributed by atoms with Gasteiger partial charge in [-0.15, -0.1) is 0 Å². The van der Waals surface area contributed by atoms with Gasteiger partial charge in [-0.05, 0) is 96.3 Å². The van der Waals surface area contributed by atoms with Crippen LogP contribution in [0.1, 0.15) is 239 Å². The summed E-state index contributed by atoms with van der Waals surface area (Å²) in [7, 11) is 0. The largest absolute Gasteiger partial charge is 0.462 e. The van der Waals surface area contributed by atoms with E-state index < -0.39 is 6.10 Å². The molecule has 380 valence electrons. The van der Waals surface area contributed by atoms with E-state index in [1.54, 1.807) is 0 Å². The lowest BCUT2D eigenvalue weighted by atomic mass is 10.0. The van der Waals surface area contributed by atoms with Gasteiger partial charge in [0.25, 0.3) is 0 Å². The van der Waals surface area contributed by atoms with Gasteiger partial charge >= 0.3 is 17.9 Å². The third kappa shape index (κ3) is 52.9. The molecule has 0 aromatic carbocycles. The Balaban J connectivity index is 4.53. The molecule has 0 aliphatic carbocycles. The first-order valence-electron chi connectivity index (χ1n) is 27.4. The molecule has 67 heavy (non-hydrogen) atoms. The summed E-state index contributed by atoms with van der Waals surface area (Å²) in [6.07, 6.45) is 73.6. The molecule has 0 rings (SSSR count). The number of allylic oxidation sites excluding steroid dienone is 18. The van der Waals surface area contributed by atoms with Crippen molar-refractivity contribution in [2.45, 2.75) is 245 Å². The minimum absolute atomic E-state index is 0.108. The van der Waals surface area contributed by atoms with Crippen molar-refractivity contribution in [3.8, 4) is 0 Å². The van der Waals surface area contributed by atoms with Crippen LogP contribution in [0.5, 0.6) is 0 Å². The Morgan fingerprint density at radius 3 is 0.955 bits per heavy atom. The molecule has 0 aromatic rings. The van der Waals surface area contributed by atoms with Gasteiger partial charge in [-0.25, -0.2) is 0 Å². The van der Waals surface area contributed by atoms with Crippen LogP contribution in [0, 0.1) is 0 Å². The molecule has 0 heterocycles. The van der Waals surface area contributed by atoms with Crippen molar-refractivity contribution >= 4 is 17.9 Å². The summed E-state index contributed by atoms with van der Waals surface area (Å²) >= 11 is 0. The van der Waals surface area contributed by atoms with Gasteiger partial charge in [0.1, 0.15) is 13.2 Å². The molecule has 0 amide bonds. The fraction of sp³-hybridized carbons (Fsp3) is 0.656. The van der Waals surface area contributed by atoms with Crippen molar-refractivity contribution in [3.05, 3.63) is 109 Å². The van der Waals surface area contributed by atoms with E-state index in [1.165, 1.54) is 77.0 Å². The van der Waals surface area contributed by atoms with E-state index in [1.807, 2.05) is 0 Å². The molecule has 0 unspecified atom stereocenters. The first kappa shape index (κ1) is 63.1. The van der Waals surface area contributed by atoms with Gasteiger partial charge in [0.2, 0.25) is 0 Å². The lowest BCUT2D eigenvalue weighted by molar-refractivity contribution is -0.167. The molecule has 0 bridgehead atoms. The Labute approximate surface area is 412 Å². The van der Waals surface area contributed by atoms with E-state index in [0.717, 1.165) is 116 Å². The van der Waals surface area contributed by atoms with Crippen molar-refractivity contribution < 1.29 is 28.6 Å². The number of hydrogen-bond donors (Lipinski definition) is 0. The highest BCUT2D eigenvalue weighted by Gasteiger charge is 2.19. The highest BCUT2D eigenvalue weighted by Crippen LogP contribution is 2.15. The lowest BCUT2D eigenvalue weighted by Crippen LogP contribution is -2.30. The first-order valence-corrected chi connectivity index (χ1v) is 27.4. The molecule has 0 fully saturated rings. The molecule has 0 aliphatic heterocycles. The van der Waals surface area contributed by atoms with Crippen LogP contribution in [0.4, 0.5) is 0 Å². The van der Waals surface area contributed by atoms with Crippen LogP contribution in [-0.2, 0) is 28.6 Å². The zero-order chi connectivity index (χ0) is 48.6. The topological polar surface area (TPSA) is 78.9 Å². The molecule has 1 atom stereocenters. The summed E-state index contributed by atoms with van der Waals surface area (Å²) in [4.78, 5) is 38.1. The van der Waals surface area contributed by atoms with E-state index in [2.05, 4.69) is 130 Å². The lowest BCUT2D eigenvalue weighted by Gasteiger charge is -2.18. The third-order valence-electron chi connectivity index (χ3n) is 11.3. The number of rotatable bonds is 48. The van der Waals surface area contributed by atoms with Crippen LogP contribution in [0.15, 0.2) is 109 Å². The average Bonchev–Trinajstić information content (AvgIpc) is 3.33. The molecule has 0 aromatic heterocycles. The van der Waals surface area contributed by atoms with Crippen LogP contribution >= 0.6 is 0 Å². The Hall–Kier alpha value is -3.93. The van der Waals surface area contributed by atoms with Crippen molar-refractivity contribution in [2.75, 3.05) is 13.2 Å². The van der Waals surface area contributed by atoms with E-state index in [4.69, 9.17) is 14.2 Å². The van der Waals surface area contributed by atoms with Crippen LogP contribution in [0.2, 0.25) is 0 Å². The quantitative estimate of drug-likeness (QED) is 0.0262. The Bertz CT molecular complexity index is 1390. The maximum atomic E-state index is 12.8. The van der Waals surface area contributed by atoms with Crippen LogP contribution in [0.3, 0.4) is 0 Å². The Kier molecular flexibility index (Phi) is 51.5. The maximum Gasteiger partial charge on any atom is 0.306 e. The van der Waals surface area contributed by atoms with Crippen LogP contribution in [0.25, 0.3) is 0 Å². The predicted molar refractivity (Wildman–Crippen MR) is 288 cm³/mol. The van der Waals surface area contributed by atoms with E-state index in [9.17, 15) is 14.4 Å². The zero-order valence-electron chi connectivity index (χ0n) is 43.4. The fourth-order valence-electron chi connectivity index (χ4n) is 7.23. The number of hydrogen-bond acceptors (Lipinski definition) is 6. The summed E-state index contributed by atoms with van der Waals surface area (Å²) in [5, 5.41) is 0. The second-order valence-electron chi connectivity index (χ2n) is 17.7. The molecule has 0 saturated carbocycles. The molecule has 0 radical (unpaired) electrons. The average molecular weight is 929 g/mol. The van der Waals surface area contributed by atoms with E-state index in [0.29, 0.717) is 19.3 Å². The minimum atomic E-state index is -0.818. The van der Waals surface area contributed by atoms with Gasteiger partial charge in [0.15, 0.2) is 6.10 Å². The van der Waals surface area contributed by atoms with Crippen LogP contribution in [-0.4, -0.2) is 37.2 Å². The maximum absolute atomic E-state index is 12.8. The van der Waals surface area contributed by atoms with Gasteiger partial charge < -0.3 is 14.2 Å². The molecular formula is C61H100O6. The van der Waals surface area contributed by atoms with Gasteiger partial charge in [0.05, 0.1) is 0 Å². The van der Waals surface area contributed by atoms with Gasteiger partial charge in [-0.2, -0.15) is 0 Å². The fourth-order valence-corrected chi connectivity index (χ4v) is 7.23. The molecule has 0 spiro atoms. The van der Waals surface area contributed by atoms with Crippen molar-refractivity contribution in [1.29, 1.82) is 0 Å². The number of carbonyl (C=O) groups excluding carboxylic acids is 3. The summed E-state index contributed by atoms with van der Waals surface area (Å²) in [6.45, 7) is 6.34. The first-order chi connectivity index (χ1) is 33.0. The summed E-state index contributed by atoms with van der Waals surface area (Å²) in [5.41, 5.74) is 0. The standard InChI is InChI=1S/C61H100O6/c1-4-7-10-13-16-19-22-25-28-30-33-36-39-42-45-48-51-54-60(63)66-57-58(56-65-59(62)53-50-47-44-41-38-35-32-27-24-21-18-15-12-9-6-3)67-61(64)55-52-49-46-43-40-37-34-31-29-26-23-20-17-14-11-8-5-2/h7-8,10-11,16-17,19-20,25-26,28-29,33-34,36-37,43,46,58H,4-6,9,12-15,18,21-24,27,30-32,35,38-42,44-45,47-57H2,1-3H3/b10-7-,11-8-,19-16-,20-17-,28-25-,29-26-,36-33-,37-34-,46-43-/t58-/m0/s1. The predicted octanol–water partition coefficient (Wildman–Crippen LogP) is 18.3. The smallest absolute Gasteiger partial charge is 0.306 e. The summed E-state index contributed by atoms with van der Waals surface area (Å²) in [6, 6.07) is 0. The molecular weight excluding hydrogens is 829 g/mol. The molecule has 6 nitrogen and oxygen atoms in total. The number of carbonyl (C=O) groups is 3. The minimum Gasteiger partial charge on any atom is -0.462 e. The van der Waals surface area contributed by atoms with E-state index >= 15 is 0 Å². The second kappa shape index (κ2) is 54.7. The molecule has 0 N–H and O–H groups in total.